The van der Waals surface area contributed by atoms with Crippen LogP contribution in [0.1, 0.15) is 23.7 Å². The highest BCUT2D eigenvalue weighted by Gasteiger charge is 2.14. The molecule has 0 aliphatic rings. The second kappa shape index (κ2) is 4.91. The third kappa shape index (κ3) is 2.51. The zero-order chi connectivity index (χ0) is 13.1. The molecule has 18 heavy (non-hydrogen) atoms. The van der Waals surface area contributed by atoms with Crippen LogP contribution in [0.25, 0.3) is 10.9 Å². The monoisotopic (exact) mass is 246 g/mol. The minimum absolute atomic E-state index is 0.0908. The lowest BCUT2D eigenvalue weighted by molar-refractivity contribution is -0.137. The quantitative estimate of drug-likeness (QED) is 0.768. The molecule has 0 aliphatic carbocycles. The minimum Gasteiger partial charge on any atom is -0.481 e. The van der Waals surface area contributed by atoms with Gasteiger partial charge in [-0.1, -0.05) is 12.1 Å². The summed E-state index contributed by atoms with van der Waals surface area (Å²) in [5.41, 5.74) is 1.28. The number of carboxylic acids is 1. The molecule has 1 atom stereocenters. The SMILES string of the molecule is C[C@@H](CC(=O)O)NC(=O)c1cccc2cc[nH]c12. The molecule has 0 aliphatic heterocycles. The highest BCUT2D eigenvalue weighted by atomic mass is 16.4. The molecule has 0 unspecified atom stereocenters. The zero-order valence-corrected chi connectivity index (χ0v) is 9.93. The number of amides is 1. The van der Waals surface area contributed by atoms with E-state index in [1.165, 1.54) is 0 Å². The number of rotatable bonds is 4. The molecule has 3 N–H and O–H groups in total. The lowest BCUT2D eigenvalue weighted by Crippen LogP contribution is -2.34. The standard InChI is InChI=1S/C13H14N2O3/c1-8(7-11(16)17)15-13(18)10-4-2-3-9-5-6-14-12(9)10/h2-6,8,14H,7H2,1H3,(H,15,18)(H,16,17)/t8-/m0/s1. The van der Waals surface area contributed by atoms with Crippen molar-refractivity contribution in [1.29, 1.82) is 0 Å². The number of carbonyl (C=O) groups is 2. The molecule has 1 heterocycles. The van der Waals surface area contributed by atoms with Gasteiger partial charge in [0.2, 0.25) is 0 Å². The molecule has 5 heteroatoms. The van der Waals surface area contributed by atoms with Crippen LogP contribution in [0.3, 0.4) is 0 Å². The van der Waals surface area contributed by atoms with Gasteiger partial charge >= 0.3 is 5.97 Å². The number of fused-ring (bicyclic) bond motifs is 1. The number of hydrogen-bond acceptors (Lipinski definition) is 2. The van der Waals surface area contributed by atoms with E-state index in [-0.39, 0.29) is 12.3 Å². The van der Waals surface area contributed by atoms with Crippen LogP contribution >= 0.6 is 0 Å². The number of nitrogens with one attached hydrogen (secondary N) is 2. The van der Waals surface area contributed by atoms with Crippen LogP contribution in [0, 0.1) is 0 Å². The van der Waals surface area contributed by atoms with Gasteiger partial charge in [0, 0.05) is 17.6 Å². The van der Waals surface area contributed by atoms with Crippen LogP contribution in [0.2, 0.25) is 0 Å². The summed E-state index contributed by atoms with van der Waals surface area (Å²) in [4.78, 5) is 25.6. The Morgan fingerprint density at radius 2 is 2.17 bits per heavy atom. The van der Waals surface area contributed by atoms with Crippen molar-refractivity contribution in [3.63, 3.8) is 0 Å². The number of carbonyl (C=O) groups excluding carboxylic acids is 1. The summed E-state index contributed by atoms with van der Waals surface area (Å²) in [6.07, 6.45) is 1.68. The molecule has 94 valence electrons. The van der Waals surface area contributed by atoms with E-state index < -0.39 is 12.0 Å². The lowest BCUT2D eigenvalue weighted by atomic mass is 10.1. The van der Waals surface area contributed by atoms with E-state index in [0.29, 0.717) is 5.56 Å². The Kier molecular flexibility index (Phi) is 3.32. The van der Waals surface area contributed by atoms with Gasteiger partial charge in [-0.15, -0.1) is 0 Å². The maximum atomic E-state index is 12.0. The van der Waals surface area contributed by atoms with Crippen molar-refractivity contribution in [1.82, 2.24) is 10.3 Å². The first kappa shape index (κ1) is 12.2. The van der Waals surface area contributed by atoms with E-state index in [1.54, 1.807) is 25.3 Å². The normalized spacial score (nSPS) is 12.3. The predicted octanol–water partition coefficient (Wildman–Crippen LogP) is 1.76. The molecule has 0 bridgehead atoms. The van der Waals surface area contributed by atoms with Crippen LogP contribution in [0.5, 0.6) is 0 Å². The summed E-state index contributed by atoms with van der Waals surface area (Å²) < 4.78 is 0. The number of aromatic nitrogens is 1. The second-order valence-corrected chi connectivity index (χ2v) is 4.22. The molecule has 2 aromatic rings. The third-order valence-corrected chi connectivity index (χ3v) is 2.69. The van der Waals surface area contributed by atoms with Gasteiger partial charge in [0.1, 0.15) is 0 Å². The Bertz CT molecular complexity index is 589. The van der Waals surface area contributed by atoms with Gasteiger partial charge < -0.3 is 15.4 Å². The Balaban J connectivity index is 2.18. The number of aromatic amines is 1. The summed E-state index contributed by atoms with van der Waals surface area (Å²) >= 11 is 0. The maximum Gasteiger partial charge on any atom is 0.305 e. The summed E-state index contributed by atoms with van der Waals surface area (Å²) in [6.45, 7) is 1.67. The van der Waals surface area contributed by atoms with Crippen molar-refractivity contribution in [2.24, 2.45) is 0 Å². The Labute approximate surface area is 104 Å². The van der Waals surface area contributed by atoms with E-state index in [2.05, 4.69) is 10.3 Å². The first-order valence-corrected chi connectivity index (χ1v) is 5.66. The van der Waals surface area contributed by atoms with Crippen LogP contribution in [0.4, 0.5) is 0 Å². The van der Waals surface area contributed by atoms with Gasteiger partial charge in [0.05, 0.1) is 17.5 Å². The van der Waals surface area contributed by atoms with Crippen molar-refractivity contribution in [3.8, 4) is 0 Å². The summed E-state index contributed by atoms with van der Waals surface area (Å²) in [5, 5.41) is 12.3. The highest BCUT2D eigenvalue weighted by Crippen LogP contribution is 2.16. The van der Waals surface area contributed by atoms with Crippen molar-refractivity contribution in [2.75, 3.05) is 0 Å². The van der Waals surface area contributed by atoms with Crippen LogP contribution in [-0.4, -0.2) is 28.0 Å². The van der Waals surface area contributed by atoms with Gasteiger partial charge in [-0.05, 0) is 19.1 Å². The molecule has 0 saturated carbocycles. The Morgan fingerprint density at radius 1 is 1.39 bits per heavy atom. The molecular weight excluding hydrogens is 232 g/mol. The fourth-order valence-corrected chi connectivity index (χ4v) is 1.89. The lowest BCUT2D eigenvalue weighted by Gasteiger charge is -2.12. The smallest absolute Gasteiger partial charge is 0.305 e. The number of hydrogen-bond donors (Lipinski definition) is 3. The molecule has 1 amide bonds. The van der Waals surface area contributed by atoms with Crippen LogP contribution in [0.15, 0.2) is 30.5 Å². The number of carboxylic acid groups (broad SMARTS) is 1. The van der Waals surface area contributed by atoms with Gasteiger partial charge in [-0.25, -0.2) is 0 Å². The summed E-state index contributed by atoms with van der Waals surface area (Å²) in [6, 6.07) is 6.89. The van der Waals surface area contributed by atoms with Gasteiger partial charge in [-0.2, -0.15) is 0 Å². The van der Waals surface area contributed by atoms with E-state index in [4.69, 9.17) is 5.11 Å². The van der Waals surface area contributed by atoms with Crippen molar-refractivity contribution < 1.29 is 14.7 Å². The fraction of sp³-hybridized carbons (Fsp3) is 0.231. The average molecular weight is 246 g/mol. The fourth-order valence-electron chi connectivity index (χ4n) is 1.89. The molecular formula is C13H14N2O3. The van der Waals surface area contributed by atoms with Crippen molar-refractivity contribution >= 4 is 22.8 Å². The maximum absolute atomic E-state index is 12.0. The minimum atomic E-state index is -0.930. The molecule has 0 saturated heterocycles. The number of benzene rings is 1. The number of para-hydroxylation sites is 1. The molecule has 0 spiro atoms. The van der Waals surface area contributed by atoms with Crippen molar-refractivity contribution in [2.45, 2.75) is 19.4 Å². The highest BCUT2D eigenvalue weighted by molar-refractivity contribution is 6.05. The number of H-pyrrole nitrogens is 1. The molecule has 5 nitrogen and oxygen atoms in total. The van der Waals surface area contributed by atoms with E-state index in [0.717, 1.165) is 10.9 Å². The average Bonchev–Trinajstić information content (AvgIpc) is 2.74. The van der Waals surface area contributed by atoms with Gasteiger partial charge in [0.15, 0.2) is 0 Å². The molecule has 1 aromatic carbocycles. The summed E-state index contributed by atoms with van der Waals surface area (Å²) in [5.74, 6) is -1.20. The zero-order valence-electron chi connectivity index (χ0n) is 9.93. The van der Waals surface area contributed by atoms with Crippen LogP contribution < -0.4 is 5.32 Å². The topological polar surface area (TPSA) is 82.2 Å². The first-order valence-electron chi connectivity index (χ1n) is 5.66. The Morgan fingerprint density at radius 3 is 2.89 bits per heavy atom. The molecule has 0 fully saturated rings. The molecule has 0 radical (unpaired) electrons. The van der Waals surface area contributed by atoms with E-state index in [1.807, 2.05) is 12.1 Å². The largest absolute Gasteiger partial charge is 0.481 e. The van der Waals surface area contributed by atoms with Gasteiger partial charge in [0.25, 0.3) is 5.91 Å². The predicted molar refractivity (Wildman–Crippen MR) is 67.5 cm³/mol. The van der Waals surface area contributed by atoms with Crippen LogP contribution in [-0.2, 0) is 4.79 Å². The third-order valence-electron chi connectivity index (χ3n) is 2.69. The van der Waals surface area contributed by atoms with Crippen molar-refractivity contribution in [3.05, 3.63) is 36.0 Å². The summed E-state index contributed by atoms with van der Waals surface area (Å²) in [7, 11) is 0. The Hall–Kier alpha value is -2.30. The molecule has 2 rings (SSSR count). The second-order valence-electron chi connectivity index (χ2n) is 4.22. The molecule has 1 aromatic heterocycles. The van der Waals surface area contributed by atoms with E-state index in [9.17, 15) is 9.59 Å². The first-order chi connectivity index (χ1) is 8.58. The number of aliphatic carboxylic acids is 1. The van der Waals surface area contributed by atoms with Gasteiger partial charge in [-0.3, -0.25) is 9.59 Å². The van der Waals surface area contributed by atoms with E-state index >= 15 is 0 Å².